The maximum absolute atomic E-state index is 9.84. The van der Waals surface area contributed by atoms with Crippen LogP contribution in [-0.2, 0) is 0 Å². The molecular formula is C22H14O2S. The zero-order valence-electron chi connectivity index (χ0n) is 13.2. The first kappa shape index (κ1) is 14.3. The van der Waals surface area contributed by atoms with E-state index in [4.69, 9.17) is 0 Å². The quantitative estimate of drug-likeness (QED) is 0.376. The predicted octanol–water partition coefficient (Wildman–Crippen LogP) is 6.29. The Morgan fingerprint density at radius 1 is 0.640 bits per heavy atom. The van der Waals surface area contributed by atoms with Gasteiger partial charge in [0.1, 0.15) is 11.5 Å². The van der Waals surface area contributed by atoms with Gasteiger partial charge in [0.2, 0.25) is 0 Å². The van der Waals surface area contributed by atoms with Crippen LogP contribution in [0.2, 0.25) is 0 Å². The highest BCUT2D eigenvalue weighted by Crippen LogP contribution is 2.44. The van der Waals surface area contributed by atoms with Crippen molar-refractivity contribution in [2.75, 3.05) is 0 Å². The Morgan fingerprint density at radius 2 is 1.40 bits per heavy atom. The van der Waals surface area contributed by atoms with Crippen molar-refractivity contribution in [1.29, 1.82) is 0 Å². The molecule has 4 aromatic carbocycles. The zero-order chi connectivity index (χ0) is 17.0. The van der Waals surface area contributed by atoms with Crippen molar-refractivity contribution in [1.82, 2.24) is 0 Å². The third kappa shape index (κ3) is 2.17. The number of rotatable bonds is 1. The highest BCUT2D eigenvalue weighted by molar-refractivity contribution is 7.26. The molecule has 0 aliphatic heterocycles. The molecule has 0 saturated carbocycles. The van der Waals surface area contributed by atoms with Crippen LogP contribution < -0.4 is 0 Å². The molecule has 0 amide bonds. The lowest BCUT2D eigenvalue weighted by molar-refractivity contribution is 0.475. The minimum absolute atomic E-state index is 0.264. The minimum Gasteiger partial charge on any atom is -0.508 e. The van der Waals surface area contributed by atoms with Crippen LogP contribution in [0.25, 0.3) is 42.1 Å². The van der Waals surface area contributed by atoms with Crippen LogP contribution in [0.5, 0.6) is 11.5 Å². The van der Waals surface area contributed by atoms with E-state index in [1.165, 1.54) is 26.4 Å². The zero-order valence-corrected chi connectivity index (χ0v) is 14.0. The second-order valence-electron chi connectivity index (χ2n) is 6.18. The first-order chi connectivity index (χ1) is 12.2. The Bertz CT molecular complexity index is 1250. The van der Waals surface area contributed by atoms with Crippen molar-refractivity contribution in [2.45, 2.75) is 0 Å². The minimum atomic E-state index is 0.264. The van der Waals surface area contributed by atoms with E-state index in [9.17, 15) is 10.2 Å². The molecule has 25 heavy (non-hydrogen) atoms. The van der Waals surface area contributed by atoms with Gasteiger partial charge in [-0.3, -0.25) is 0 Å². The molecule has 0 spiro atoms. The van der Waals surface area contributed by atoms with Gasteiger partial charge in [-0.25, -0.2) is 0 Å². The van der Waals surface area contributed by atoms with Gasteiger partial charge in [0, 0.05) is 20.2 Å². The molecule has 0 atom stereocenters. The van der Waals surface area contributed by atoms with Gasteiger partial charge in [-0.1, -0.05) is 36.4 Å². The molecule has 0 aliphatic rings. The molecule has 0 radical (unpaired) electrons. The van der Waals surface area contributed by atoms with Crippen molar-refractivity contribution < 1.29 is 10.2 Å². The van der Waals surface area contributed by atoms with Crippen molar-refractivity contribution in [2.24, 2.45) is 0 Å². The molecule has 1 aromatic heterocycles. The third-order valence-corrected chi connectivity index (χ3v) is 5.72. The Balaban J connectivity index is 2.02. The summed E-state index contributed by atoms with van der Waals surface area (Å²) in [6, 6.07) is 23.5. The first-order valence-electron chi connectivity index (χ1n) is 8.07. The van der Waals surface area contributed by atoms with Crippen LogP contribution >= 0.6 is 11.3 Å². The molecule has 0 unspecified atom stereocenters. The second kappa shape index (κ2) is 5.23. The van der Waals surface area contributed by atoms with E-state index in [2.05, 4.69) is 24.3 Å². The highest BCUT2D eigenvalue weighted by atomic mass is 32.1. The van der Waals surface area contributed by atoms with E-state index in [0.717, 1.165) is 15.6 Å². The molecule has 0 saturated heterocycles. The van der Waals surface area contributed by atoms with Gasteiger partial charge < -0.3 is 10.2 Å². The average molecular weight is 342 g/mol. The molecule has 0 aliphatic carbocycles. The number of benzene rings is 4. The molecule has 5 rings (SSSR count). The van der Waals surface area contributed by atoms with Gasteiger partial charge in [-0.05, 0) is 58.3 Å². The fraction of sp³-hybridized carbons (Fsp3) is 0. The molecule has 0 fully saturated rings. The normalized spacial score (nSPS) is 11.5. The van der Waals surface area contributed by atoms with Crippen LogP contribution in [0.3, 0.4) is 0 Å². The summed E-state index contributed by atoms with van der Waals surface area (Å²) in [5, 5.41) is 24.2. The molecule has 3 heteroatoms. The lowest BCUT2D eigenvalue weighted by Gasteiger charge is -2.10. The van der Waals surface area contributed by atoms with Gasteiger partial charge in [0.15, 0.2) is 0 Å². The van der Waals surface area contributed by atoms with Crippen LogP contribution in [0, 0.1) is 0 Å². The van der Waals surface area contributed by atoms with Crippen molar-refractivity contribution >= 4 is 42.3 Å². The summed E-state index contributed by atoms with van der Waals surface area (Å²) in [5.41, 5.74) is 2.25. The fourth-order valence-corrected chi connectivity index (χ4v) is 4.71. The predicted molar refractivity (Wildman–Crippen MR) is 106 cm³/mol. The van der Waals surface area contributed by atoms with E-state index in [-0.39, 0.29) is 11.5 Å². The van der Waals surface area contributed by atoms with Crippen molar-refractivity contribution in [3.63, 3.8) is 0 Å². The van der Waals surface area contributed by atoms with Crippen LogP contribution in [-0.4, -0.2) is 10.2 Å². The highest BCUT2D eigenvalue weighted by Gasteiger charge is 2.15. The monoisotopic (exact) mass is 342 g/mol. The number of phenols is 2. The largest absolute Gasteiger partial charge is 0.508 e. The first-order valence-corrected chi connectivity index (χ1v) is 8.89. The fourth-order valence-electron chi connectivity index (χ4n) is 3.52. The maximum atomic E-state index is 9.84. The van der Waals surface area contributed by atoms with Gasteiger partial charge in [-0.2, -0.15) is 0 Å². The number of hydrogen-bond acceptors (Lipinski definition) is 3. The molecule has 120 valence electrons. The summed E-state index contributed by atoms with van der Waals surface area (Å²) in [5.74, 6) is 0.551. The summed E-state index contributed by atoms with van der Waals surface area (Å²) in [6.45, 7) is 0. The maximum Gasteiger partial charge on any atom is 0.117 e. The summed E-state index contributed by atoms with van der Waals surface area (Å²) in [7, 11) is 0. The van der Waals surface area contributed by atoms with E-state index < -0.39 is 0 Å². The van der Waals surface area contributed by atoms with Gasteiger partial charge in [-0.15, -0.1) is 11.3 Å². The molecule has 5 aromatic rings. The third-order valence-electron chi connectivity index (χ3n) is 4.62. The van der Waals surface area contributed by atoms with E-state index in [0.29, 0.717) is 0 Å². The number of thiophene rings is 1. The Kier molecular flexibility index (Phi) is 2.99. The van der Waals surface area contributed by atoms with E-state index in [1.54, 1.807) is 29.5 Å². The van der Waals surface area contributed by atoms with Gasteiger partial charge in [0.25, 0.3) is 0 Å². The van der Waals surface area contributed by atoms with E-state index in [1.807, 2.05) is 30.3 Å². The topological polar surface area (TPSA) is 40.5 Å². The average Bonchev–Trinajstić information content (AvgIpc) is 2.97. The molecule has 2 nitrogen and oxygen atoms in total. The van der Waals surface area contributed by atoms with E-state index >= 15 is 0 Å². The summed E-state index contributed by atoms with van der Waals surface area (Å²) >= 11 is 1.69. The Morgan fingerprint density at radius 3 is 2.24 bits per heavy atom. The Labute approximate surface area is 148 Å². The lowest BCUT2D eigenvalue weighted by Crippen LogP contribution is -1.83. The molecular weight excluding hydrogens is 328 g/mol. The van der Waals surface area contributed by atoms with Crippen LogP contribution in [0.15, 0.2) is 72.8 Å². The number of aromatic hydroxyl groups is 2. The van der Waals surface area contributed by atoms with Gasteiger partial charge >= 0.3 is 0 Å². The molecule has 0 bridgehead atoms. The van der Waals surface area contributed by atoms with Crippen molar-refractivity contribution in [3.8, 4) is 22.6 Å². The van der Waals surface area contributed by atoms with Crippen LogP contribution in [0.4, 0.5) is 0 Å². The summed E-state index contributed by atoms with van der Waals surface area (Å²) < 4.78 is 2.27. The molecule has 1 heterocycles. The number of phenolic OH excluding ortho intramolecular Hbond substituents is 2. The summed E-state index contributed by atoms with van der Waals surface area (Å²) in [6.07, 6.45) is 0. The molecule has 2 N–H and O–H groups in total. The standard InChI is InChI=1S/C22H14O2S/c23-15-7-5-13(6-8-15)21-17-4-2-1-3-14(17)11-20-22(21)18-10-9-16(24)12-19(18)25-20/h1-12,23-24H. The van der Waals surface area contributed by atoms with Gasteiger partial charge in [0.05, 0.1) is 0 Å². The van der Waals surface area contributed by atoms with Crippen molar-refractivity contribution in [3.05, 3.63) is 72.8 Å². The number of fused-ring (bicyclic) bond motifs is 4. The van der Waals surface area contributed by atoms with Crippen LogP contribution in [0.1, 0.15) is 0 Å². The summed E-state index contributed by atoms with van der Waals surface area (Å²) in [4.78, 5) is 0. The number of hydrogen-bond donors (Lipinski definition) is 2. The smallest absolute Gasteiger partial charge is 0.117 e. The SMILES string of the molecule is Oc1ccc(-c2c3ccccc3cc3sc4cc(O)ccc4c23)cc1. The second-order valence-corrected chi connectivity index (χ2v) is 7.26. The lowest BCUT2D eigenvalue weighted by atomic mass is 9.93. The Hall–Kier alpha value is -3.04.